The van der Waals surface area contributed by atoms with Crippen molar-refractivity contribution in [3.05, 3.63) is 20.8 Å². The van der Waals surface area contributed by atoms with Crippen LogP contribution in [0.15, 0.2) is 15.9 Å². The third kappa shape index (κ3) is 1.60. The van der Waals surface area contributed by atoms with Crippen LogP contribution < -0.4 is 5.73 Å². The molecule has 3 heteroatoms. The Balaban J connectivity index is 1.60. The lowest BCUT2D eigenvalue weighted by molar-refractivity contribution is 0.156. The zero-order valence-corrected chi connectivity index (χ0v) is 13.0. The molecule has 1 aromatic heterocycles. The van der Waals surface area contributed by atoms with E-state index in [4.69, 9.17) is 5.73 Å². The van der Waals surface area contributed by atoms with Gasteiger partial charge in [0.05, 0.1) is 0 Å². The second kappa shape index (κ2) is 4.07. The summed E-state index contributed by atoms with van der Waals surface area (Å²) in [6.45, 7) is 0. The van der Waals surface area contributed by atoms with Gasteiger partial charge in [0.2, 0.25) is 0 Å². The van der Waals surface area contributed by atoms with Crippen LogP contribution in [0.4, 0.5) is 0 Å². The van der Waals surface area contributed by atoms with E-state index in [1.165, 1.54) is 41.5 Å². The van der Waals surface area contributed by atoms with Crippen molar-refractivity contribution >= 4 is 27.3 Å². The van der Waals surface area contributed by atoms with E-state index in [9.17, 15) is 0 Å². The maximum absolute atomic E-state index is 6.85. The van der Waals surface area contributed by atoms with Gasteiger partial charge in [-0.2, -0.15) is 0 Å². The average Bonchev–Trinajstić information content (AvgIpc) is 3.01. The van der Waals surface area contributed by atoms with Crippen LogP contribution in [0.5, 0.6) is 0 Å². The molecule has 1 aromatic rings. The van der Waals surface area contributed by atoms with Crippen molar-refractivity contribution in [2.45, 2.75) is 44.1 Å². The Morgan fingerprint density at radius 1 is 1.39 bits per heavy atom. The fraction of sp³-hybridized carbons (Fsp3) is 0.733. The molecule has 1 heterocycles. The second-order valence-corrected chi connectivity index (χ2v) is 8.52. The van der Waals surface area contributed by atoms with Crippen LogP contribution in [0.25, 0.3) is 0 Å². The molecule has 5 atom stereocenters. The zero-order valence-electron chi connectivity index (χ0n) is 10.6. The Hall–Kier alpha value is 0.140. The lowest BCUT2D eigenvalue weighted by Gasteiger charge is -2.40. The fourth-order valence-corrected chi connectivity index (χ4v) is 6.90. The normalized spacial score (nSPS) is 45.7. The molecule has 0 amide bonds. The smallest absolute Gasteiger partial charge is 0.0315 e. The van der Waals surface area contributed by atoms with E-state index in [2.05, 4.69) is 27.4 Å². The van der Waals surface area contributed by atoms with E-state index in [1.807, 2.05) is 11.3 Å². The summed E-state index contributed by atoms with van der Waals surface area (Å²) in [5, 5.41) is 2.17. The van der Waals surface area contributed by atoms with Crippen LogP contribution in [0.1, 0.15) is 37.0 Å². The van der Waals surface area contributed by atoms with E-state index in [-0.39, 0.29) is 5.54 Å². The highest BCUT2D eigenvalue weighted by Gasteiger charge is 2.59. The standard InChI is InChI=1S/C15H20BrNS/c16-13-4-5-18-14(13)8-15(17)7-9-6-12(15)11-3-1-2-10(9)11/h4-5,9-12H,1-3,6-8,17H2. The van der Waals surface area contributed by atoms with Crippen LogP contribution in [0.3, 0.4) is 0 Å². The predicted octanol–water partition coefficient (Wildman–Crippen LogP) is 4.21. The highest BCUT2D eigenvalue weighted by Crippen LogP contribution is 2.62. The van der Waals surface area contributed by atoms with Gasteiger partial charge in [0.1, 0.15) is 0 Å². The van der Waals surface area contributed by atoms with Gasteiger partial charge in [-0.1, -0.05) is 6.42 Å². The molecule has 2 N–H and O–H groups in total. The lowest BCUT2D eigenvalue weighted by atomic mass is 9.70. The van der Waals surface area contributed by atoms with Crippen LogP contribution in [0, 0.1) is 23.7 Å². The Kier molecular flexibility index (Phi) is 2.69. The molecule has 98 valence electrons. The molecule has 3 aliphatic rings. The Morgan fingerprint density at radius 2 is 2.22 bits per heavy atom. The SMILES string of the molecule is NC1(Cc2sccc2Br)CC2CC1C1CCCC21. The van der Waals surface area contributed by atoms with E-state index < -0.39 is 0 Å². The largest absolute Gasteiger partial charge is 0.325 e. The molecule has 18 heavy (non-hydrogen) atoms. The van der Waals surface area contributed by atoms with Crippen molar-refractivity contribution in [2.75, 3.05) is 0 Å². The molecule has 0 aromatic carbocycles. The molecule has 3 fully saturated rings. The molecule has 5 unspecified atom stereocenters. The number of nitrogens with two attached hydrogens (primary N) is 1. The van der Waals surface area contributed by atoms with Gasteiger partial charge >= 0.3 is 0 Å². The maximum atomic E-state index is 6.85. The van der Waals surface area contributed by atoms with E-state index in [0.717, 1.165) is 30.1 Å². The lowest BCUT2D eigenvalue weighted by Crippen LogP contribution is -2.50. The van der Waals surface area contributed by atoms with Crippen molar-refractivity contribution in [1.29, 1.82) is 0 Å². The van der Waals surface area contributed by atoms with Crippen LogP contribution >= 0.6 is 27.3 Å². The van der Waals surface area contributed by atoms with Crippen molar-refractivity contribution in [3.8, 4) is 0 Å². The first kappa shape index (κ1) is 11.9. The Bertz CT molecular complexity index is 471. The summed E-state index contributed by atoms with van der Waals surface area (Å²) in [6, 6.07) is 2.16. The van der Waals surface area contributed by atoms with E-state index >= 15 is 0 Å². The molecule has 0 spiro atoms. The minimum Gasteiger partial charge on any atom is -0.325 e. The molecular weight excluding hydrogens is 306 g/mol. The minimum atomic E-state index is 0.101. The number of hydrogen-bond donors (Lipinski definition) is 1. The highest BCUT2D eigenvalue weighted by atomic mass is 79.9. The van der Waals surface area contributed by atoms with Crippen LogP contribution in [0.2, 0.25) is 0 Å². The first-order valence-corrected chi connectivity index (χ1v) is 8.85. The van der Waals surface area contributed by atoms with Gasteiger partial charge in [0, 0.05) is 21.3 Å². The number of halogens is 1. The van der Waals surface area contributed by atoms with Crippen molar-refractivity contribution < 1.29 is 0 Å². The van der Waals surface area contributed by atoms with Crippen molar-refractivity contribution in [3.63, 3.8) is 0 Å². The first-order chi connectivity index (χ1) is 8.67. The molecule has 2 bridgehead atoms. The molecular formula is C15H20BrNS. The average molecular weight is 326 g/mol. The van der Waals surface area contributed by atoms with Crippen LogP contribution in [-0.2, 0) is 6.42 Å². The summed E-state index contributed by atoms with van der Waals surface area (Å²) in [6.07, 6.45) is 8.20. The van der Waals surface area contributed by atoms with Gasteiger partial charge in [-0.25, -0.2) is 0 Å². The summed E-state index contributed by atoms with van der Waals surface area (Å²) in [5.74, 6) is 3.76. The van der Waals surface area contributed by atoms with Gasteiger partial charge in [-0.3, -0.25) is 0 Å². The zero-order chi connectivity index (χ0) is 12.3. The molecule has 0 saturated heterocycles. The molecule has 4 rings (SSSR count). The second-order valence-electron chi connectivity index (χ2n) is 6.67. The predicted molar refractivity (Wildman–Crippen MR) is 79.7 cm³/mol. The summed E-state index contributed by atoms with van der Waals surface area (Å²) < 4.78 is 1.27. The highest BCUT2D eigenvalue weighted by molar-refractivity contribution is 9.10. The summed E-state index contributed by atoms with van der Waals surface area (Å²) in [7, 11) is 0. The quantitative estimate of drug-likeness (QED) is 0.866. The topological polar surface area (TPSA) is 26.0 Å². The Morgan fingerprint density at radius 3 is 3.00 bits per heavy atom. The van der Waals surface area contributed by atoms with E-state index in [0.29, 0.717) is 0 Å². The van der Waals surface area contributed by atoms with Crippen molar-refractivity contribution in [1.82, 2.24) is 0 Å². The number of rotatable bonds is 2. The monoisotopic (exact) mass is 325 g/mol. The van der Waals surface area contributed by atoms with Gasteiger partial charge in [-0.15, -0.1) is 11.3 Å². The molecule has 1 nitrogen and oxygen atoms in total. The van der Waals surface area contributed by atoms with E-state index in [1.54, 1.807) is 0 Å². The van der Waals surface area contributed by atoms with Gasteiger partial charge in [-0.05, 0) is 76.7 Å². The van der Waals surface area contributed by atoms with Crippen LogP contribution in [-0.4, -0.2) is 5.54 Å². The van der Waals surface area contributed by atoms with Gasteiger partial charge in [0.15, 0.2) is 0 Å². The molecule has 0 radical (unpaired) electrons. The molecule has 3 saturated carbocycles. The first-order valence-electron chi connectivity index (χ1n) is 7.18. The number of thiophene rings is 1. The number of fused-ring (bicyclic) bond motifs is 5. The summed E-state index contributed by atoms with van der Waals surface area (Å²) in [4.78, 5) is 1.46. The molecule has 0 aliphatic heterocycles. The summed E-state index contributed by atoms with van der Waals surface area (Å²) in [5.41, 5.74) is 6.95. The third-order valence-corrected chi connectivity index (χ3v) is 7.79. The van der Waals surface area contributed by atoms with Crippen molar-refractivity contribution in [2.24, 2.45) is 29.4 Å². The van der Waals surface area contributed by atoms with Gasteiger partial charge in [0.25, 0.3) is 0 Å². The maximum Gasteiger partial charge on any atom is 0.0315 e. The number of hydrogen-bond acceptors (Lipinski definition) is 2. The third-order valence-electron chi connectivity index (χ3n) is 5.87. The Labute approximate surface area is 121 Å². The van der Waals surface area contributed by atoms with Gasteiger partial charge < -0.3 is 5.73 Å². The minimum absolute atomic E-state index is 0.101. The summed E-state index contributed by atoms with van der Waals surface area (Å²) >= 11 is 5.52. The molecule has 3 aliphatic carbocycles. The fourth-order valence-electron chi connectivity index (χ4n) is 5.27.